The molecule has 1 aromatic heterocycles. The number of thiophene rings is 1. The zero-order valence-corrected chi connectivity index (χ0v) is 17.8. The minimum Gasteiger partial charge on any atom is -0.348 e. The molecule has 150 valence electrons. The van der Waals surface area contributed by atoms with Crippen molar-refractivity contribution in [2.24, 2.45) is 0 Å². The Labute approximate surface area is 176 Å². The Hall–Kier alpha value is -2.92. The van der Waals surface area contributed by atoms with E-state index in [1.807, 2.05) is 55.5 Å². The van der Waals surface area contributed by atoms with Crippen LogP contribution in [0, 0.1) is 13.8 Å². The molecule has 0 bridgehead atoms. The van der Waals surface area contributed by atoms with Crippen LogP contribution in [0.4, 0.5) is 0 Å². The first kappa shape index (κ1) is 20.8. The minimum absolute atomic E-state index is 0.126. The number of benzene rings is 2. The number of hydrogen-bond donors (Lipinski definition) is 2. The van der Waals surface area contributed by atoms with Gasteiger partial charge in [0, 0.05) is 21.7 Å². The molecule has 0 aliphatic heterocycles. The molecular weight excluding hydrogens is 380 g/mol. The molecule has 0 saturated carbocycles. The number of amides is 2. The van der Waals surface area contributed by atoms with Crippen LogP contribution in [-0.2, 0) is 11.2 Å². The van der Waals surface area contributed by atoms with Crippen LogP contribution in [0.5, 0.6) is 0 Å². The molecule has 3 aromatic rings. The van der Waals surface area contributed by atoms with Crippen molar-refractivity contribution < 1.29 is 9.59 Å². The molecule has 2 aromatic carbocycles. The molecule has 1 heterocycles. The van der Waals surface area contributed by atoms with Gasteiger partial charge in [0.1, 0.15) is 6.04 Å². The lowest BCUT2D eigenvalue weighted by Gasteiger charge is -2.22. The van der Waals surface area contributed by atoms with Gasteiger partial charge in [-0.05, 0) is 50.1 Å². The van der Waals surface area contributed by atoms with Crippen LogP contribution in [0.25, 0.3) is 0 Å². The maximum Gasteiger partial charge on any atom is 0.251 e. The summed E-state index contributed by atoms with van der Waals surface area (Å²) in [6.45, 7) is 6.10. The molecule has 3 rings (SSSR count). The van der Waals surface area contributed by atoms with E-state index < -0.39 is 6.04 Å². The molecule has 0 spiro atoms. The van der Waals surface area contributed by atoms with E-state index in [4.69, 9.17) is 0 Å². The van der Waals surface area contributed by atoms with Crippen LogP contribution in [0.3, 0.4) is 0 Å². The Morgan fingerprint density at radius 2 is 1.55 bits per heavy atom. The van der Waals surface area contributed by atoms with Gasteiger partial charge in [-0.15, -0.1) is 11.3 Å². The normalized spacial score (nSPS) is 12.8. The Bertz CT molecular complexity index is 967. The zero-order valence-electron chi connectivity index (χ0n) is 16.9. The van der Waals surface area contributed by atoms with Crippen molar-refractivity contribution in [2.75, 3.05) is 0 Å². The van der Waals surface area contributed by atoms with E-state index in [2.05, 4.69) is 30.5 Å². The average Bonchev–Trinajstić information content (AvgIpc) is 3.07. The van der Waals surface area contributed by atoms with E-state index in [-0.39, 0.29) is 17.9 Å². The van der Waals surface area contributed by atoms with E-state index in [9.17, 15) is 9.59 Å². The predicted octanol–water partition coefficient (Wildman–Crippen LogP) is 4.58. The zero-order chi connectivity index (χ0) is 20.8. The van der Waals surface area contributed by atoms with Crippen LogP contribution >= 0.6 is 11.3 Å². The summed E-state index contributed by atoms with van der Waals surface area (Å²) in [6.07, 6.45) is 0.430. The van der Waals surface area contributed by atoms with Crippen molar-refractivity contribution in [2.45, 2.75) is 39.3 Å². The Balaban J connectivity index is 1.76. The Morgan fingerprint density at radius 3 is 2.14 bits per heavy atom. The highest BCUT2D eigenvalue weighted by Gasteiger charge is 2.24. The summed E-state index contributed by atoms with van der Waals surface area (Å²) >= 11 is 1.72. The second kappa shape index (κ2) is 9.52. The first-order chi connectivity index (χ1) is 13.9. The maximum atomic E-state index is 13.1. The predicted molar refractivity (Wildman–Crippen MR) is 118 cm³/mol. The Kier molecular flexibility index (Phi) is 6.83. The van der Waals surface area contributed by atoms with Gasteiger partial charge >= 0.3 is 0 Å². The van der Waals surface area contributed by atoms with Crippen molar-refractivity contribution in [3.63, 3.8) is 0 Å². The van der Waals surface area contributed by atoms with Crippen LogP contribution in [0.15, 0.2) is 66.7 Å². The number of carbonyl (C=O) groups excluding carboxylic acids is 2. The third-order valence-corrected chi connectivity index (χ3v) is 5.83. The molecule has 0 fully saturated rings. The molecule has 0 unspecified atom stereocenters. The second-order valence-corrected chi connectivity index (χ2v) is 8.64. The first-order valence-electron chi connectivity index (χ1n) is 9.71. The van der Waals surface area contributed by atoms with Crippen molar-refractivity contribution in [3.8, 4) is 0 Å². The molecule has 0 aliphatic carbocycles. The fourth-order valence-corrected chi connectivity index (χ4v) is 4.38. The fourth-order valence-electron chi connectivity index (χ4n) is 3.36. The molecule has 0 saturated heterocycles. The topological polar surface area (TPSA) is 58.2 Å². The summed E-state index contributed by atoms with van der Waals surface area (Å²) in [7, 11) is 0. The van der Waals surface area contributed by atoms with Crippen LogP contribution in [-0.4, -0.2) is 17.9 Å². The van der Waals surface area contributed by atoms with Crippen LogP contribution in [0.1, 0.15) is 44.2 Å². The summed E-state index contributed by atoms with van der Waals surface area (Å²) in [4.78, 5) is 28.2. The van der Waals surface area contributed by atoms with Crippen LogP contribution < -0.4 is 10.6 Å². The van der Waals surface area contributed by atoms with Gasteiger partial charge in [0.05, 0.1) is 6.04 Å². The minimum atomic E-state index is -0.660. The molecule has 2 N–H and O–H groups in total. The van der Waals surface area contributed by atoms with Gasteiger partial charge in [0.25, 0.3) is 5.91 Å². The van der Waals surface area contributed by atoms with Crippen molar-refractivity contribution in [3.05, 3.63) is 93.2 Å². The van der Waals surface area contributed by atoms with Crippen molar-refractivity contribution >= 4 is 23.2 Å². The summed E-state index contributed by atoms with van der Waals surface area (Å²) in [6, 6.07) is 20.0. The standard InChI is InChI=1S/C24H26N2O2S/c1-16-14-21(18(3)29-16)17(2)25-24(28)22(15-19-10-6-4-7-11-19)26-23(27)20-12-8-5-9-13-20/h4-14,17,22H,15H2,1-3H3,(H,25,28)(H,26,27)/t17-,22+/m0/s1. The molecule has 4 nitrogen and oxygen atoms in total. The monoisotopic (exact) mass is 406 g/mol. The number of rotatable bonds is 7. The number of carbonyl (C=O) groups is 2. The second-order valence-electron chi connectivity index (χ2n) is 7.18. The summed E-state index contributed by atoms with van der Waals surface area (Å²) in [5.74, 6) is -0.439. The number of nitrogens with one attached hydrogen (secondary N) is 2. The Morgan fingerprint density at radius 1 is 0.931 bits per heavy atom. The lowest BCUT2D eigenvalue weighted by Crippen LogP contribution is -2.48. The van der Waals surface area contributed by atoms with E-state index in [1.54, 1.807) is 23.5 Å². The summed E-state index contributed by atoms with van der Waals surface area (Å²) in [5.41, 5.74) is 2.65. The molecular formula is C24H26N2O2S. The third kappa shape index (κ3) is 5.55. The molecule has 5 heteroatoms. The smallest absolute Gasteiger partial charge is 0.251 e. The van der Waals surface area contributed by atoms with Gasteiger partial charge in [-0.2, -0.15) is 0 Å². The first-order valence-corrected chi connectivity index (χ1v) is 10.5. The SMILES string of the molecule is Cc1cc([C@H](C)NC(=O)[C@@H](Cc2ccccc2)NC(=O)c2ccccc2)c(C)s1. The lowest BCUT2D eigenvalue weighted by molar-refractivity contribution is -0.123. The van der Waals surface area contributed by atoms with E-state index in [0.717, 1.165) is 11.1 Å². The maximum absolute atomic E-state index is 13.1. The van der Waals surface area contributed by atoms with E-state index in [0.29, 0.717) is 12.0 Å². The molecule has 0 aliphatic rings. The highest BCUT2D eigenvalue weighted by atomic mass is 32.1. The highest BCUT2D eigenvalue weighted by molar-refractivity contribution is 7.12. The van der Waals surface area contributed by atoms with Gasteiger partial charge in [0.2, 0.25) is 5.91 Å². The highest BCUT2D eigenvalue weighted by Crippen LogP contribution is 2.26. The molecule has 0 radical (unpaired) electrons. The number of hydrogen-bond acceptors (Lipinski definition) is 3. The lowest BCUT2D eigenvalue weighted by atomic mass is 10.0. The van der Waals surface area contributed by atoms with Gasteiger partial charge in [-0.3, -0.25) is 9.59 Å². The average molecular weight is 407 g/mol. The number of aryl methyl sites for hydroxylation is 2. The van der Waals surface area contributed by atoms with Crippen LogP contribution in [0.2, 0.25) is 0 Å². The van der Waals surface area contributed by atoms with Gasteiger partial charge in [0.15, 0.2) is 0 Å². The van der Waals surface area contributed by atoms with Gasteiger partial charge in [-0.1, -0.05) is 48.5 Å². The largest absolute Gasteiger partial charge is 0.348 e. The molecule has 29 heavy (non-hydrogen) atoms. The van der Waals surface area contributed by atoms with Gasteiger partial charge in [-0.25, -0.2) is 0 Å². The van der Waals surface area contributed by atoms with Crippen molar-refractivity contribution in [1.82, 2.24) is 10.6 Å². The van der Waals surface area contributed by atoms with Crippen molar-refractivity contribution in [1.29, 1.82) is 0 Å². The van der Waals surface area contributed by atoms with Gasteiger partial charge < -0.3 is 10.6 Å². The quantitative estimate of drug-likeness (QED) is 0.603. The molecule has 2 atom stereocenters. The van der Waals surface area contributed by atoms with E-state index in [1.165, 1.54) is 9.75 Å². The summed E-state index contributed by atoms with van der Waals surface area (Å²) < 4.78 is 0. The third-order valence-electron chi connectivity index (χ3n) is 4.85. The molecule has 2 amide bonds. The van der Waals surface area contributed by atoms with E-state index >= 15 is 0 Å². The summed E-state index contributed by atoms with van der Waals surface area (Å²) in [5, 5.41) is 5.99. The fraction of sp³-hybridized carbons (Fsp3) is 0.250.